The van der Waals surface area contributed by atoms with E-state index in [1.807, 2.05) is 6.21 Å². The second-order valence-corrected chi connectivity index (χ2v) is 3.00. The van der Waals surface area contributed by atoms with E-state index in [4.69, 9.17) is 0 Å². The number of aliphatic imine (C=N–C) groups is 1. The van der Waals surface area contributed by atoms with Gasteiger partial charge in [0.2, 0.25) is 0 Å². The average molecular weight is 151 g/mol. The fourth-order valence-electron chi connectivity index (χ4n) is 0.524. The van der Waals surface area contributed by atoms with Gasteiger partial charge in [-0.15, -0.1) is 0 Å². The van der Waals surface area contributed by atoms with Crippen LogP contribution in [0.3, 0.4) is 0 Å². The topological polar surface area (TPSA) is 12.4 Å². The van der Waals surface area contributed by atoms with Gasteiger partial charge < -0.3 is 0 Å². The molecule has 0 aliphatic carbocycles. The third kappa shape index (κ3) is 5.66. The largest absolute Gasteiger partial charge is 0.300 e. The predicted molar refractivity (Wildman–Crippen MR) is 50.8 cm³/mol. The molecule has 1 nitrogen and oxygen atoms in total. The summed E-state index contributed by atoms with van der Waals surface area (Å²) in [6.07, 6.45) is 2.62. The van der Waals surface area contributed by atoms with Crippen LogP contribution in [0.5, 0.6) is 0 Å². The van der Waals surface area contributed by atoms with Crippen LogP contribution in [0.1, 0.15) is 27.2 Å². The monoisotopic (exact) mass is 151 g/mol. The predicted octanol–water partition coefficient (Wildman–Crippen LogP) is 2.37. The lowest BCUT2D eigenvalue weighted by molar-refractivity contribution is 0.520. The van der Waals surface area contributed by atoms with Gasteiger partial charge in [-0.3, -0.25) is 4.99 Å². The lowest BCUT2D eigenvalue weighted by Gasteiger charge is -2.05. The first-order valence-electron chi connectivity index (χ1n) is 4.07. The van der Waals surface area contributed by atoms with Crippen LogP contribution in [0.25, 0.3) is 0 Å². The summed E-state index contributed by atoms with van der Waals surface area (Å²) < 4.78 is 0. The molecule has 0 aromatic heterocycles. The Morgan fingerprint density at radius 3 is 2.45 bits per heavy atom. The normalized spacial score (nSPS) is 13.2. The Labute approximate surface area is 69.9 Å². The van der Waals surface area contributed by atoms with Crippen LogP contribution in [0.4, 0.5) is 0 Å². The zero-order chi connectivity index (χ0) is 8.69. The summed E-state index contributed by atoms with van der Waals surface area (Å²) >= 11 is 0. The Bertz CT molecular complexity index is 169. The molecule has 11 heavy (non-hydrogen) atoms. The molecule has 62 valence electrons. The third-order valence-corrected chi connectivity index (χ3v) is 1.71. The van der Waals surface area contributed by atoms with E-state index in [0.29, 0.717) is 11.8 Å². The van der Waals surface area contributed by atoms with Gasteiger partial charge in [0.05, 0.1) is 0 Å². The molecule has 0 heterocycles. The lowest BCUT2D eigenvalue weighted by Crippen LogP contribution is -1.99. The summed E-state index contributed by atoms with van der Waals surface area (Å²) in [6.45, 7) is 6.53. The standard InChI is InChI=1S/C10H17N/c1-9(2)10(3)7-5-6-8-11-4/h8-10H,6H2,1-4H3. The maximum atomic E-state index is 3.85. The molecule has 0 aliphatic rings. The van der Waals surface area contributed by atoms with Gasteiger partial charge in [0.25, 0.3) is 0 Å². The van der Waals surface area contributed by atoms with Crippen molar-refractivity contribution in [3.05, 3.63) is 0 Å². The van der Waals surface area contributed by atoms with Gasteiger partial charge >= 0.3 is 0 Å². The molecule has 0 N–H and O–H groups in total. The smallest absolute Gasteiger partial charge is 0.0439 e. The number of hydrogen-bond acceptors (Lipinski definition) is 1. The summed E-state index contributed by atoms with van der Waals surface area (Å²) in [7, 11) is 1.77. The highest BCUT2D eigenvalue weighted by Crippen LogP contribution is 2.06. The minimum Gasteiger partial charge on any atom is -0.300 e. The molecule has 0 bridgehead atoms. The second kappa shape index (κ2) is 5.97. The van der Waals surface area contributed by atoms with E-state index in [9.17, 15) is 0 Å². The van der Waals surface area contributed by atoms with E-state index in [1.54, 1.807) is 7.05 Å². The fraction of sp³-hybridized carbons (Fsp3) is 0.700. The summed E-state index contributed by atoms with van der Waals surface area (Å²) in [5, 5.41) is 0. The Morgan fingerprint density at radius 1 is 1.36 bits per heavy atom. The Hall–Kier alpha value is -0.770. The molecule has 0 aliphatic heterocycles. The molecular formula is C10H17N. The fourth-order valence-corrected chi connectivity index (χ4v) is 0.524. The average Bonchev–Trinajstić information content (AvgIpc) is 1.97. The Balaban J connectivity index is 3.68. The van der Waals surface area contributed by atoms with Crippen molar-refractivity contribution in [2.45, 2.75) is 27.2 Å². The highest BCUT2D eigenvalue weighted by atomic mass is 14.6. The summed E-state index contributed by atoms with van der Waals surface area (Å²) in [5.41, 5.74) is 0. The number of hydrogen-bond donors (Lipinski definition) is 0. The van der Waals surface area contributed by atoms with Crippen LogP contribution in [0.15, 0.2) is 4.99 Å². The highest BCUT2D eigenvalue weighted by Gasteiger charge is 2.00. The highest BCUT2D eigenvalue weighted by molar-refractivity contribution is 5.60. The molecule has 1 heteroatoms. The van der Waals surface area contributed by atoms with Crippen molar-refractivity contribution in [1.82, 2.24) is 0 Å². The molecule has 0 aromatic rings. The van der Waals surface area contributed by atoms with Gasteiger partial charge in [0, 0.05) is 25.6 Å². The van der Waals surface area contributed by atoms with E-state index < -0.39 is 0 Å². The number of nitrogens with zero attached hydrogens (tertiary/aromatic N) is 1. The van der Waals surface area contributed by atoms with Crippen LogP contribution in [0.2, 0.25) is 0 Å². The van der Waals surface area contributed by atoms with Crippen molar-refractivity contribution >= 4 is 6.21 Å². The molecule has 1 unspecified atom stereocenters. The SMILES string of the molecule is CN=CCC#CC(C)C(C)C. The first-order chi connectivity index (χ1) is 5.18. The van der Waals surface area contributed by atoms with E-state index in [1.165, 1.54) is 0 Å². The zero-order valence-electron chi connectivity index (χ0n) is 7.89. The van der Waals surface area contributed by atoms with Crippen LogP contribution < -0.4 is 0 Å². The van der Waals surface area contributed by atoms with Crippen molar-refractivity contribution in [2.24, 2.45) is 16.8 Å². The molecule has 0 rings (SSSR count). The summed E-state index contributed by atoms with van der Waals surface area (Å²) in [4.78, 5) is 3.85. The van der Waals surface area contributed by atoms with Gasteiger partial charge in [-0.2, -0.15) is 0 Å². The van der Waals surface area contributed by atoms with Crippen LogP contribution in [0, 0.1) is 23.7 Å². The molecule has 0 spiro atoms. The minimum absolute atomic E-state index is 0.500. The van der Waals surface area contributed by atoms with Gasteiger partial charge in [-0.1, -0.05) is 32.6 Å². The lowest BCUT2D eigenvalue weighted by atomic mass is 9.99. The van der Waals surface area contributed by atoms with E-state index in [-0.39, 0.29) is 0 Å². The summed E-state index contributed by atoms with van der Waals surface area (Å²) in [6, 6.07) is 0. The first-order valence-corrected chi connectivity index (χ1v) is 4.07. The van der Waals surface area contributed by atoms with Crippen molar-refractivity contribution < 1.29 is 0 Å². The van der Waals surface area contributed by atoms with Crippen molar-refractivity contribution in [3.8, 4) is 11.8 Å². The molecule has 0 saturated heterocycles. The van der Waals surface area contributed by atoms with Crippen molar-refractivity contribution in [2.75, 3.05) is 7.05 Å². The first kappa shape index (κ1) is 10.2. The molecule has 0 saturated carbocycles. The molecule has 0 aromatic carbocycles. The number of rotatable bonds is 2. The third-order valence-electron chi connectivity index (χ3n) is 1.71. The molecule has 1 atom stereocenters. The van der Waals surface area contributed by atoms with Crippen molar-refractivity contribution in [1.29, 1.82) is 0 Å². The van der Waals surface area contributed by atoms with Crippen LogP contribution >= 0.6 is 0 Å². The molecule has 0 fully saturated rings. The maximum absolute atomic E-state index is 3.85. The summed E-state index contributed by atoms with van der Waals surface area (Å²) in [5.74, 6) is 7.40. The van der Waals surface area contributed by atoms with Gasteiger partial charge in [0.1, 0.15) is 0 Å². The minimum atomic E-state index is 0.500. The maximum Gasteiger partial charge on any atom is 0.0439 e. The van der Waals surface area contributed by atoms with Gasteiger partial charge in [-0.05, 0) is 5.92 Å². The van der Waals surface area contributed by atoms with Crippen LogP contribution in [-0.4, -0.2) is 13.3 Å². The molecule has 0 amide bonds. The quantitative estimate of drug-likeness (QED) is 0.424. The van der Waals surface area contributed by atoms with Gasteiger partial charge in [0.15, 0.2) is 0 Å². The second-order valence-electron chi connectivity index (χ2n) is 3.00. The molecular weight excluding hydrogens is 134 g/mol. The van der Waals surface area contributed by atoms with E-state index >= 15 is 0 Å². The van der Waals surface area contributed by atoms with E-state index in [2.05, 4.69) is 37.6 Å². The zero-order valence-corrected chi connectivity index (χ0v) is 7.89. The van der Waals surface area contributed by atoms with Crippen molar-refractivity contribution in [3.63, 3.8) is 0 Å². The molecule has 0 radical (unpaired) electrons. The Kier molecular flexibility index (Phi) is 5.56. The Morgan fingerprint density at radius 2 is 2.00 bits per heavy atom. The van der Waals surface area contributed by atoms with E-state index in [0.717, 1.165) is 6.42 Å². The van der Waals surface area contributed by atoms with Crippen LogP contribution in [-0.2, 0) is 0 Å². The van der Waals surface area contributed by atoms with Gasteiger partial charge in [-0.25, -0.2) is 0 Å².